The number of hydrogen-bond donors (Lipinski definition) is 3. The highest BCUT2D eigenvalue weighted by atomic mass is 16.4. The zero-order chi connectivity index (χ0) is 17.2. The fraction of sp³-hybridized carbons (Fsp3) is 0.471. The molecule has 0 aliphatic heterocycles. The Kier molecular flexibility index (Phi) is 7.80. The van der Waals surface area contributed by atoms with Crippen LogP contribution < -0.4 is 10.6 Å². The van der Waals surface area contributed by atoms with Crippen LogP contribution in [0.5, 0.6) is 0 Å². The first-order valence-corrected chi connectivity index (χ1v) is 7.74. The molecule has 126 valence electrons. The molecule has 0 saturated heterocycles. The number of amides is 2. The summed E-state index contributed by atoms with van der Waals surface area (Å²) in [5, 5.41) is 13.8. The van der Waals surface area contributed by atoms with Gasteiger partial charge in [-0.25, -0.2) is 0 Å². The molecule has 0 unspecified atom stereocenters. The Hall–Kier alpha value is -2.37. The van der Waals surface area contributed by atoms with Crippen LogP contribution in [0.2, 0.25) is 0 Å². The molecule has 0 radical (unpaired) electrons. The van der Waals surface area contributed by atoms with Gasteiger partial charge in [-0.1, -0.05) is 12.5 Å². The van der Waals surface area contributed by atoms with Crippen LogP contribution in [0.25, 0.3) is 0 Å². The summed E-state index contributed by atoms with van der Waals surface area (Å²) in [5.41, 5.74) is 2.68. The van der Waals surface area contributed by atoms with Crippen molar-refractivity contribution in [1.29, 1.82) is 0 Å². The molecule has 6 nitrogen and oxygen atoms in total. The van der Waals surface area contributed by atoms with Crippen molar-refractivity contribution in [3.8, 4) is 0 Å². The zero-order valence-corrected chi connectivity index (χ0v) is 13.6. The number of hydrogen-bond acceptors (Lipinski definition) is 3. The SMILES string of the molecule is Cc1ccc(C(=O)NCC(=O)NCCCCCC(=O)O)cc1C. The van der Waals surface area contributed by atoms with Gasteiger partial charge in [0, 0.05) is 18.5 Å². The lowest BCUT2D eigenvalue weighted by Crippen LogP contribution is -2.37. The molecule has 6 heteroatoms. The van der Waals surface area contributed by atoms with Gasteiger partial charge < -0.3 is 15.7 Å². The smallest absolute Gasteiger partial charge is 0.303 e. The minimum Gasteiger partial charge on any atom is -0.481 e. The van der Waals surface area contributed by atoms with E-state index in [9.17, 15) is 14.4 Å². The van der Waals surface area contributed by atoms with E-state index in [1.807, 2.05) is 19.9 Å². The molecule has 0 aliphatic carbocycles. The highest BCUT2D eigenvalue weighted by Gasteiger charge is 2.08. The molecule has 1 aromatic carbocycles. The number of aryl methyl sites for hydroxylation is 2. The van der Waals surface area contributed by atoms with E-state index >= 15 is 0 Å². The molecular formula is C17H24N2O4. The Morgan fingerprint density at radius 1 is 1.00 bits per heavy atom. The molecule has 2 amide bonds. The van der Waals surface area contributed by atoms with Gasteiger partial charge in [0.05, 0.1) is 6.54 Å². The van der Waals surface area contributed by atoms with E-state index in [1.54, 1.807) is 12.1 Å². The van der Waals surface area contributed by atoms with Gasteiger partial charge in [0.15, 0.2) is 0 Å². The van der Waals surface area contributed by atoms with Gasteiger partial charge in [-0.3, -0.25) is 14.4 Å². The third kappa shape index (κ3) is 7.44. The lowest BCUT2D eigenvalue weighted by Gasteiger charge is -2.08. The maximum absolute atomic E-state index is 11.9. The van der Waals surface area contributed by atoms with Crippen LogP contribution in [-0.4, -0.2) is 36.0 Å². The number of carboxylic acid groups (broad SMARTS) is 1. The standard InChI is InChI=1S/C17H24N2O4/c1-12-7-8-14(10-13(12)2)17(23)19-11-15(20)18-9-5-3-4-6-16(21)22/h7-8,10H,3-6,9,11H2,1-2H3,(H,18,20)(H,19,23)(H,21,22). The summed E-state index contributed by atoms with van der Waals surface area (Å²) in [6.45, 7) is 4.32. The van der Waals surface area contributed by atoms with E-state index in [2.05, 4.69) is 10.6 Å². The van der Waals surface area contributed by atoms with E-state index < -0.39 is 5.97 Å². The van der Waals surface area contributed by atoms with Crippen LogP contribution >= 0.6 is 0 Å². The average Bonchev–Trinajstić information content (AvgIpc) is 2.50. The van der Waals surface area contributed by atoms with Crippen molar-refractivity contribution in [3.63, 3.8) is 0 Å². The first-order valence-electron chi connectivity index (χ1n) is 7.74. The number of benzene rings is 1. The predicted octanol–water partition coefficient (Wildman–Crippen LogP) is 1.79. The summed E-state index contributed by atoms with van der Waals surface area (Å²) in [6, 6.07) is 5.41. The molecule has 0 atom stereocenters. The Morgan fingerprint density at radius 2 is 1.74 bits per heavy atom. The number of carbonyl (C=O) groups is 3. The Labute approximate surface area is 136 Å². The molecule has 0 aliphatic rings. The highest BCUT2D eigenvalue weighted by molar-refractivity contribution is 5.96. The predicted molar refractivity (Wildman–Crippen MR) is 87.4 cm³/mol. The van der Waals surface area contributed by atoms with Gasteiger partial charge >= 0.3 is 5.97 Å². The molecule has 0 heterocycles. The summed E-state index contributed by atoms with van der Waals surface area (Å²) < 4.78 is 0. The van der Waals surface area contributed by atoms with Crippen LogP contribution in [0.4, 0.5) is 0 Å². The second kappa shape index (κ2) is 9.61. The van der Waals surface area contributed by atoms with Crippen LogP contribution in [-0.2, 0) is 9.59 Å². The number of rotatable bonds is 9. The maximum Gasteiger partial charge on any atom is 0.303 e. The van der Waals surface area contributed by atoms with Gasteiger partial charge in [-0.15, -0.1) is 0 Å². The topological polar surface area (TPSA) is 95.5 Å². The Morgan fingerprint density at radius 3 is 2.39 bits per heavy atom. The Balaban J connectivity index is 2.21. The third-order valence-corrected chi connectivity index (χ3v) is 3.57. The summed E-state index contributed by atoms with van der Waals surface area (Å²) in [4.78, 5) is 33.9. The molecule has 0 saturated carbocycles. The van der Waals surface area contributed by atoms with Crippen molar-refractivity contribution < 1.29 is 19.5 Å². The number of carbonyl (C=O) groups excluding carboxylic acids is 2. The second-order valence-electron chi connectivity index (χ2n) is 5.54. The van der Waals surface area contributed by atoms with E-state index in [0.29, 0.717) is 18.5 Å². The van der Waals surface area contributed by atoms with Crippen LogP contribution in [0, 0.1) is 13.8 Å². The number of aliphatic carboxylic acids is 1. The molecule has 0 bridgehead atoms. The fourth-order valence-electron chi connectivity index (χ4n) is 2.01. The Bertz CT molecular complexity index is 570. The summed E-state index contributed by atoms with van der Waals surface area (Å²) in [6.07, 6.45) is 2.24. The molecular weight excluding hydrogens is 296 g/mol. The van der Waals surface area contributed by atoms with Crippen molar-refractivity contribution in [2.75, 3.05) is 13.1 Å². The molecule has 3 N–H and O–H groups in total. The van der Waals surface area contributed by atoms with Crippen molar-refractivity contribution in [1.82, 2.24) is 10.6 Å². The van der Waals surface area contributed by atoms with E-state index in [0.717, 1.165) is 24.0 Å². The van der Waals surface area contributed by atoms with Crippen LogP contribution in [0.15, 0.2) is 18.2 Å². The van der Waals surface area contributed by atoms with Crippen LogP contribution in [0.3, 0.4) is 0 Å². The van der Waals surface area contributed by atoms with Crippen LogP contribution in [0.1, 0.15) is 47.2 Å². The molecule has 0 fully saturated rings. The molecule has 0 aromatic heterocycles. The van der Waals surface area contributed by atoms with E-state index in [-0.39, 0.29) is 24.8 Å². The third-order valence-electron chi connectivity index (χ3n) is 3.57. The van der Waals surface area contributed by atoms with E-state index in [4.69, 9.17) is 5.11 Å². The quantitative estimate of drug-likeness (QED) is 0.605. The zero-order valence-electron chi connectivity index (χ0n) is 13.6. The lowest BCUT2D eigenvalue weighted by atomic mass is 10.1. The summed E-state index contributed by atoms with van der Waals surface area (Å²) >= 11 is 0. The first-order chi connectivity index (χ1) is 10.9. The summed E-state index contributed by atoms with van der Waals surface area (Å²) in [7, 11) is 0. The average molecular weight is 320 g/mol. The molecule has 23 heavy (non-hydrogen) atoms. The highest BCUT2D eigenvalue weighted by Crippen LogP contribution is 2.09. The number of nitrogens with one attached hydrogen (secondary N) is 2. The van der Waals surface area contributed by atoms with Crippen molar-refractivity contribution in [2.24, 2.45) is 0 Å². The van der Waals surface area contributed by atoms with Gasteiger partial charge in [-0.05, 0) is 49.9 Å². The first kappa shape index (κ1) is 18.7. The van der Waals surface area contributed by atoms with Crippen molar-refractivity contribution in [3.05, 3.63) is 34.9 Å². The minimum atomic E-state index is -0.803. The largest absolute Gasteiger partial charge is 0.481 e. The summed E-state index contributed by atoms with van der Waals surface area (Å²) in [5.74, 6) is -1.33. The molecule has 0 spiro atoms. The second-order valence-corrected chi connectivity index (χ2v) is 5.54. The normalized spacial score (nSPS) is 10.2. The maximum atomic E-state index is 11.9. The van der Waals surface area contributed by atoms with Crippen molar-refractivity contribution in [2.45, 2.75) is 39.5 Å². The van der Waals surface area contributed by atoms with Gasteiger partial charge in [0.25, 0.3) is 5.91 Å². The number of carboxylic acids is 1. The molecule has 1 aromatic rings. The number of unbranched alkanes of at least 4 members (excludes halogenated alkanes) is 2. The minimum absolute atomic E-state index is 0.0686. The fourth-order valence-corrected chi connectivity index (χ4v) is 2.01. The van der Waals surface area contributed by atoms with Gasteiger partial charge in [-0.2, -0.15) is 0 Å². The molecule has 1 rings (SSSR count). The van der Waals surface area contributed by atoms with Gasteiger partial charge in [0.1, 0.15) is 0 Å². The van der Waals surface area contributed by atoms with Crippen molar-refractivity contribution >= 4 is 17.8 Å². The van der Waals surface area contributed by atoms with Gasteiger partial charge in [0.2, 0.25) is 5.91 Å². The monoisotopic (exact) mass is 320 g/mol. The lowest BCUT2D eigenvalue weighted by molar-refractivity contribution is -0.137. The van der Waals surface area contributed by atoms with E-state index in [1.165, 1.54) is 0 Å².